The smallest absolute Gasteiger partial charge is 0.317 e. The molecule has 6 heteroatoms. The number of carbonyl (C=O) groups is 2. The van der Waals surface area contributed by atoms with Crippen LogP contribution in [0.25, 0.3) is 0 Å². The highest BCUT2D eigenvalue weighted by Crippen LogP contribution is 2.44. The summed E-state index contributed by atoms with van der Waals surface area (Å²) < 4.78 is 0. The summed E-state index contributed by atoms with van der Waals surface area (Å²) in [7, 11) is 0. The fourth-order valence-corrected chi connectivity index (χ4v) is 5.18. The number of hydrogen-bond acceptors (Lipinski definition) is 3. The molecule has 26 heavy (non-hydrogen) atoms. The first kappa shape index (κ1) is 19.1. The van der Waals surface area contributed by atoms with E-state index in [0.29, 0.717) is 13.1 Å². The number of urea groups is 1. The molecule has 0 atom stereocenters. The third kappa shape index (κ3) is 3.85. The predicted molar refractivity (Wildman–Crippen MR) is 106 cm³/mol. The number of likely N-dealkylation sites (tertiary alicyclic amines) is 1. The van der Waals surface area contributed by atoms with Crippen molar-refractivity contribution in [2.45, 2.75) is 50.9 Å². The molecule has 0 aliphatic carbocycles. The van der Waals surface area contributed by atoms with Crippen LogP contribution >= 0.6 is 11.8 Å². The lowest BCUT2D eigenvalue weighted by atomic mass is 10.00. The molecule has 2 saturated heterocycles. The minimum atomic E-state index is -0.235. The van der Waals surface area contributed by atoms with Gasteiger partial charge in [-0.2, -0.15) is 0 Å². The number of piperidine rings is 1. The third-order valence-electron chi connectivity index (χ3n) is 5.11. The second-order valence-corrected chi connectivity index (χ2v) is 9.69. The molecule has 5 nitrogen and oxygen atoms in total. The zero-order valence-corrected chi connectivity index (χ0v) is 17.0. The summed E-state index contributed by atoms with van der Waals surface area (Å²) in [6.45, 7) is 10.1. The molecule has 1 aromatic carbocycles. The van der Waals surface area contributed by atoms with Crippen LogP contribution in [-0.4, -0.2) is 57.5 Å². The van der Waals surface area contributed by atoms with E-state index in [1.165, 1.54) is 0 Å². The lowest BCUT2D eigenvalue weighted by Gasteiger charge is -2.44. The van der Waals surface area contributed by atoms with E-state index in [1.54, 1.807) is 0 Å². The van der Waals surface area contributed by atoms with Gasteiger partial charge in [0.2, 0.25) is 0 Å². The zero-order valence-electron chi connectivity index (χ0n) is 16.2. The van der Waals surface area contributed by atoms with Crippen molar-refractivity contribution in [3.05, 3.63) is 35.4 Å². The van der Waals surface area contributed by atoms with E-state index in [1.807, 2.05) is 68.6 Å². The van der Waals surface area contributed by atoms with Crippen molar-refractivity contribution in [1.29, 1.82) is 0 Å². The SMILES string of the molecule is Cc1ccccc1C(=O)N1CCSC12CCN(C(=O)NC(C)(C)C)CC2. The first-order valence-electron chi connectivity index (χ1n) is 9.31. The molecule has 0 bridgehead atoms. The van der Waals surface area contributed by atoms with Gasteiger partial charge in [0.1, 0.15) is 0 Å². The van der Waals surface area contributed by atoms with E-state index in [4.69, 9.17) is 0 Å². The van der Waals surface area contributed by atoms with Crippen LogP contribution in [0.1, 0.15) is 49.5 Å². The fourth-order valence-electron chi connectivity index (χ4n) is 3.73. The Labute approximate surface area is 160 Å². The van der Waals surface area contributed by atoms with Gasteiger partial charge in [-0.15, -0.1) is 11.8 Å². The molecule has 0 saturated carbocycles. The average molecular weight is 376 g/mol. The van der Waals surface area contributed by atoms with Gasteiger partial charge in [0.25, 0.3) is 5.91 Å². The van der Waals surface area contributed by atoms with E-state index in [0.717, 1.165) is 36.3 Å². The van der Waals surface area contributed by atoms with Gasteiger partial charge in [-0.1, -0.05) is 18.2 Å². The molecule has 1 N–H and O–H groups in total. The van der Waals surface area contributed by atoms with E-state index in [9.17, 15) is 9.59 Å². The van der Waals surface area contributed by atoms with E-state index >= 15 is 0 Å². The molecular formula is C20H29N3O2S. The molecule has 2 aliphatic heterocycles. The molecule has 1 spiro atoms. The van der Waals surface area contributed by atoms with E-state index < -0.39 is 0 Å². The zero-order chi connectivity index (χ0) is 18.9. The number of thioether (sulfide) groups is 1. The Morgan fingerprint density at radius 1 is 1.12 bits per heavy atom. The lowest BCUT2D eigenvalue weighted by molar-refractivity contribution is 0.0578. The summed E-state index contributed by atoms with van der Waals surface area (Å²) in [6, 6.07) is 7.79. The molecule has 0 aromatic heterocycles. The Bertz CT molecular complexity index is 691. The van der Waals surface area contributed by atoms with Gasteiger partial charge in [0.05, 0.1) is 4.87 Å². The minimum absolute atomic E-state index is 0.00729. The van der Waals surface area contributed by atoms with Gasteiger partial charge in [-0.3, -0.25) is 4.79 Å². The fraction of sp³-hybridized carbons (Fsp3) is 0.600. The average Bonchev–Trinajstić information content (AvgIpc) is 2.97. The van der Waals surface area contributed by atoms with Crippen LogP contribution in [0.15, 0.2) is 24.3 Å². The number of amides is 3. The standard InChI is InChI=1S/C20H29N3O2S/c1-15-7-5-6-8-16(15)17(24)23-13-14-26-20(23)9-11-22(12-10-20)18(25)21-19(2,3)4/h5-8H,9-14H2,1-4H3,(H,21,25). The normalized spacial score (nSPS) is 19.7. The van der Waals surface area contributed by atoms with Gasteiger partial charge in [-0.05, 0) is 52.2 Å². The molecule has 1 aromatic rings. The molecule has 3 rings (SSSR count). The summed E-state index contributed by atoms with van der Waals surface area (Å²) in [4.78, 5) is 29.4. The molecule has 0 radical (unpaired) electrons. The Hall–Kier alpha value is -1.69. The number of nitrogens with one attached hydrogen (secondary N) is 1. The number of hydrogen-bond donors (Lipinski definition) is 1. The topological polar surface area (TPSA) is 52.7 Å². The van der Waals surface area contributed by atoms with Crippen LogP contribution in [0, 0.1) is 6.92 Å². The quantitative estimate of drug-likeness (QED) is 0.817. The second-order valence-electron chi connectivity index (χ2n) is 8.23. The van der Waals surface area contributed by atoms with Crippen LogP contribution in [0.4, 0.5) is 4.79 Å². The summed E-state index contributed by atoms with van der Waals surface area (Å²) in [6.07, 6.45) is 1.65. The van der Waals surface area contributed by atoms with Gasteiger partial charge in [-0.25, -0.2) is 4.79 Å². The van der Waals surface area contributed by atoms with Crippen molar-refractivity contribution in [1.82, 2.24) is 15.1 Å². The third-order valence-corrected chi connectivity index (χ3v) is 6.66. The summed E-state index contributed by atoms with van der Waals surface area (Å²) in [5.74, 6) is 1.09. The molecular weight excluding hydrogens is 346 g/mol. The highest BCUT2D eigenvalue weighted by atomic mass is 32.2. The second kappa shape index (κ2) is 7.14. The molecule has 2 aliphatic rings. The van der Waals surface area contributed by atoms with Gasteiger partial charge >= 0.3 is 6.03 Å². The van der Waals surface area contributed by atoms with Crippen molar-refractivity contribution in [2.75, 3.05) is 25.4 Å². The van der Waals surface area contributed by atoms with Crippen LogP contribution in [-0.2, 0) is 0 Å². The first-order chi connectivity index (χ1) is 12.2. The van der Waals surface area contributed by atoms with Crippen molar-refractivity contribution >= 4 is 23.7 Å². The molecule has 2 fully saturated rings. The van der Waals surface area contributed by atoms with Gasteiger partial charge in [0.15, 0.2) is 0 Å². The van der Waals surface area contributed by atoms with E-state index in [2.05, 4.69) is 10.2 Å². The number of benzene rings is 1. The Morgan fingerprint density at radius 3 is 2.38 bits per heavy atom. The van der Waals surface area contributed by atoms with Crippen molar-refractivity contribution in [3.8, 4) is 0 Å². The van der Waals surface area contributed by atoms with Crippen molar-refractivity contribution in [3.63, 3.8) is 0 Å². The monoisotopic (exact) mass is 375 g/mol. The van der Waals surface area contributed by atoms with E-state index in [-0.39, 0.29) is 22.3 Å². The highest BCUT2D eigenvalue weighted by molar-refractivity contribution is 8.00. The van der Waals surface area contributed by atoms with Crippen LogP contribution < -0.4 is 5.32 Å². The minimum Gasteiger partial charge on any atom is -0.333 e. The van der Waals surface area contributed by atoms with Crippen LogP contribution in [0.2, 0.25) is 0 Å². The summed E-state index contributed by atoms with van der Waals surface area (Å²) >= 11 is 1.88. The number of aryl methyl sites for hydroxylation is 1. The molecule has 142 valence electrons. The summed E-state index contributed by atoms with van der Waals surface area (Å²) in [5, 5.41) is 3.03. The predicted octanol–water partition coefficient (Wildman–Crippen LogP) is 3.48. The Morgan fingerprint density at radius 2 is 1.77 bits per heavy atom. The largest absolute Gasteiger partial charge is 0.333 e. The summed E-state index contributed by atoms with van der Waals surface area (Å²) in [5.41, 5.74) is 1.58. The maximum absolute atomic E-state index is 13.2. The van der Waals surface area contributed by atoms with Crippen LogP contribution in [0.3, 0.4) is 0 Å². The molecule has 3 amide bonds. The molecule has 2 heterocycles. The van der Waals surface area contributed by atoms with Gasteiger partial charge in [0, 0.05) is 36.5 Å². The number of nitrogens with zero attached hydrogens (tertiary/aromatic N) is 2. The maximum atomic E-state index is 13.2. The Kier molecular flexibility index (Phi) is 5.24. The molecule has 0 unspecified atom stereocenters. The highest BCUT2D eigenvalue weighted by Gasteiger charge is 2.47. The van der Waals surface area contributed by atoms with Crippen molar-refractivity contribution in [2.24, 2.45) is 0 Å². The Balaban J connectivity index is 1.70. The number of carbonyl (C=O) groups excluding carboxylic acids is 2. The maximum Gasteiger partial charge on any atom is 0.317 e. The first-order valence-corrected chi connectivity index (χ1v) is 10.3. The number of rotatable bonds is 1. The van der Waals surface area contributed by atoms with Crippen LogP contribution in [0.5, 0.6) is 0 Å². The van der Waals surface area contributed by atoms with Crippen molar-refractivity contribution < 1.29 is 9.59 Å². The van der Waals surface area contributed by atoms with Gasteiger partial charge < -0.3 is 15.1 Å². The lowest BCUT2D eigenvalue weighted by Crippen LogP contribution is -2.56.